The average molecular weight is 309 g/mol. The van der Waals surface area contributed by atoms with E-state index in [-0.39, 0.29) is 0 Å². The van der Waals surface area contributed by atoms with Crippen LogP contribution in [0.2, 0.25) is 0 Å². The molecule has 0 spiro atoms. The van der Waals surface area contributed by atoms with Crippen LogP contribution in [0.4, 0.5) is 5.82 Å². The van der Waals surface area contributed by atoms with Crippen molar-refractivity contribution in [3.05, 3.63) is 28.6 Å². The van der Waals surface area contributed by atoms with Gasteiger partial charge in [-0.15, -0.1) is 0 Å². The lowest BCUT2D eigenvalue weighted by Crippen LogP contribution is -2.27. The molecule has 94 valence electrons. The van der Waals surface area contributed by atoms with E-state index >= 15 is 0 Å². The van der Waals surface area contributed by atoms with Gasteiger partial charge in [0.05, 0.1) is 10.7 Å². The molecule has 2 aromatic heterocycles. The molecule has 0 fully saturated rings. The predicted molar refractivity (Wildman–Crippen MR) is 73.5 cm³/mol. The Labute approximate surface area is 113 Å². The molecule has 1 aliphatic heterocycles. The molecule has 0 saturated carbocycles. The average Bonchev–Trinajstić information content (AvgIpc) is 2.89. The van der Waals surface area contributed by atoms with Crippen LogP contribution in [0.25, 0.3) is 11.2 Å². The fraction of sp³-hybridized carbons (Fsp3) is 0.273. The third-order valence-corrected chi connectivity index (χ3v) is 3.75. The fourth-order valence-corrected chi connectivity index (χ4v) is 2.30. The number of likely N-dealkylation sites (N-methyl/N-ethyl adjacent to an activating group) is 1. The predicted octanol–water partition coefficient (Wildman–Crippen LogP) is 1.21. The van der Waals surface area contributed by atoms with E-state index in [1.165, 1.54) is 5.57 Å². The number of hydrogen-bond acceptors (Lipinski definition) is 5. The first-order valence-corrected chi connectivity index (χ1v) is 6.30. The molecule has 2 aromatic rings. The molecule has 0 atom stereocenters. The Morgan fingerprint density at radius 2 is 2.11 bits per heavy atom. The van der Waals surface area contributed by atoms with Crippen LogP contribution in [0, 0.1) is 0 Å². The Hall–Kier alpha value is -1.60. The largest absolute Gasteiger partial charge is 0.383 e. The van der Waals surface area contributed by atoms with E-state index in [1.807, 2.05) is 25.3 Å². The third-order valence-electron chi connectivity index (χ3n) is 3.14. The summed E-state index contributed by atoms with van der Waals surface area (Å²) < 4.78 is 2.40. The van der Waals surface area contributed by atoms with Gasteiger partial charge in [0.25, 0.3) is 0 Å². The van der Waals surface area contributed by atoms with Gasteiger partial charge < -0.3 is 10.7 Å². The molecule has 18 heavy (non-hydrogen) atoms. The molecule has 0 saturated heterocycles. The van der Waals surface area contributed by atoms with E-state index in [4.69, 9.17) is 5.73 Å². The summed E-state index contributed by atoms with van der Waals surface area (Å²) in [5.74, 6) is 0.562. The number of halogens is 1. The van der Waals surface area contributed by atoms with Crippen LogP contribution < -0.4 is 5.73 Å². The van der Waals surface area contributed by atoms with Crippen LogP contribution in [0.5, 0.6) is 0 Å². The SMILES string of the molecule is CN1C=C(c2cnn3c(N)c(Br)cnc23)CN1C. The Morgan fingerprint density at radius 1 is 1.33 bits per heavy atom. The molecule has 0 amide bonds. The molecular formula is C11H13BrN6. The molecule has 0 radical (unpaired) electrons. The summed E-state index contributed by atoms with van der Waals surface area (Å²) in [5.41, 5.74) is 8.94. The fourth-order valence-electron chi connectivity index (χ4n) is 2.03. The zero-order chi connectivity index (χ0) is 12.9. The van der Waals surface area contributed by atoms with Gasteiger partial charge in [0.2, 0.25) is 0 Å². The van der Waals surface area contributed by atoms with E-state index in [0.717, 1.165) is 22.2 Å². The highest BCUT2D eigenvalue weighted by Crippen LogP contribution is 2.27. The smallest absolute Gasteiger partial charge is 0.165 e. The maximum absolute atomic E-state index is 5.96. The quantitative estimate of drug-likeness (QED) is 0.858. The van der Waals surface area contributed by atoms with E-state index in [9.17, 15) is 0 Å². The van der Waals surface area contributed by atoms with Crippen molar-refractivity contribution in [2.75, 3.05) is 26.4 Å². The molecule has 2 N–H and O–H groups in total. The molecule has 0 aliphatic carbocycles. The van der Waals surface area contributed by atoms with Gasteiger partial charge in [-0.25, -0.2) is 9.99 Å². The van der Waals surface area contributed by atoms with Crippen molar-refractivity contribution in [3.63, 3.8) is 0 Å². The summed E-state index contributed by atoms with van der Waals surface area (Å²) in [6.45, 7) is 0.843. The van der Waals surface area contributed by atoms with Gasteiger partial charge >= 0.3 is 0 Å². The first kappa shape index (κ1) is 11.5. The highest BCUT2D eigenvalue weighted by atomic mass is 79.9. The standard InChI is InChI=1S/C11H13BrN6/c1-16-5-7(6-17(16)2)8-3-15-18-10(13)9(12)4-14-11(8)18/h3-5H,6,13H2,1-2H3. The van der Waals surface area contributed by atoms with Gasteiger partial charge in [-0.2, -0.15) is 9.61 Å². The Morgan fingerprint density at radius 3 is 2.78 bits per heavy atom. The lowest BCUT2D eigenvalue weighted by molar-refractivity contribution is 0.118. The lowest BCUT2D eigenvalue weighted by Gasteiger charge is -2.18. The molecule has 6 nitrogen and oxygen atoms in total. The zero-order valence-electron chi connectivity index (χ0n) is 10.1. The normalized spacial score (nSPS) is 16.6. The first-order chi connectivity index (χ1) is 8.58. The Bertz CT molecular complexity index is 646. The number of nitrogens with zero attached hydrogens (tertiary/aromatic N) is 5. The second kappa shape index (κ2) is 3.96. The second-order valence-electron chi connectivity index (χ2n) is 4.33. The number of hydrogen-bond donors (Lipinski definition) is 1. The summed E-state index contributed by atoms with van der Waals surface area (Å²) >= 11 is 3.35. The van der Waals surface area contributed by atoms with Crippen molar-refractivity contribution < 1.29 is 0 Å². The van der Waals surface area contributed by atoms with E-state index < -0.39 is 0 Å². The number of nitrogens with two attached hydrogens (primary N) is 1. The van der Waals surface area contributed by atoms with Gasteiger partial charge in [-0.3, -0.25) is 0 Å². The summed E-state index contributed by atoms with van der Waals surface area (Å²) in [4.78, 5) is 4.39. The van der Waals surface area contributed by atoms with Crippen LogP contribution in [0.15, 0.2) is 23.1 Å². The number of aromatic nitrogens is 3. The molecule has 1 aliphatic rings. The van der Waals surface area contributed by atoms with E-state index in [1.54, 1.807) is 10.7 Å². The molecule has 0 aromatic carbocycles. The zero-order valence-corrected chi connectivity index (χ0v) is 11.7. The van der Waals surface area contributed by atoms with Gasteiger partial charge in [0, 0.05) is 38.6 Å². The van der Waals surface area contributed by atoms with Crippen molar-refractivity contribution >= 4 is 33.0 Å². The number of anilines is 1. The van der Waals surface area contributed by atoms with Crippen LogP contribution in [-0.4, -0.2) is 45.3 Å². The minimum absolute atomic E-state index is 0.562. The van der Waals surface area contributed by atoms with Crippen LogP contribution in [-0.2, 0) is 0 Å². The topological polar surface area (TPSA) is 62.7 Å². The second-order valence-corrected chi connectivity index (χ2v) is 5.18. The summed E-state index contributed by atoms with van der Waals surface area (Å²) in [7, 11) is 4.05. The maximum Gasteiger partial charge on any atom is 0.165 e. The third kappa shape index (κ3) is 1.58. The van der Waals surface area contributed by atoms with Gasteiger partial charge in [-0.05, 0) is 21.5 Å². The summed E-state index contributed by atoms with van der Waals surface area (Å²) in [6, 6.07) is 0. The van der Waals surface area contributed by atoms with Crippen LogP contribution in [0.3, 0.4) is 0 Å². The van der Waals surface area contributed by atoms with Crippen molar-refractivity contribution in [2.45, 2.75) is 0 Å². The lowest BCUT2D eigenvalue weighted by atomic mass is 10.1. The Balaban J connectivity index is 2.15. The van der Waals surface area contributed by atoms with Gasteiger partial charge in [-0.1, -0.05) is 0 Å². The monoisotopic (exact) mass is 308 g/mol. The summed E-state index contributed by atoms with van der Waals surface area (Å²) in [5, 5.41) is 8.45. The molecule has 3 heterocycles. The molecule has 3 rings (SSSR count). The number of hydrazine groups is 1. The van der Waals surface area contributed by atoms with Crippen LogP contribution in [0.1, 0.15) is 5.56 Å². The number of fused-ring (bicyclic) bond motifs is 1. The molecule has 0 bridgehead atoms. The molecular weight excluding hydrogens is 296 g/mol. The number of rotatable bonds is 1. The van der Waals surface area contributed by atoms with Crippen LogP contribution >= 0.6 is 15.9 Å². The summed E-state index contributed by atoms with van der Waals surface area (Å²) in [6.07, 6.45) is 5.60. The minimum atomic E-state index is 0.562. The van der Waals surface area contributed by atoms with E-state index in [2.05, 4.69) is 37.2 Å². The van der Waals surface area contributed by atoms with E-state index in [0.29, 0.717) is 5.82 Å². The highest BCUT2D eigenvalue weighted by Gasteiger charge is 2.20. The Kier molecular flexibility index (Phi) is 2.53. The number of nitrogen functional groups attached to an aromatic ring is 1. The van der Waals surface area contributed by atoms with Crippen molar-refractivity contribution in [1.82, 2.24) is 24.6 Å². The van der Waals surface area contributed by atoms with Crippen molar-refractivity contribution in [1.29, 1.82) is 0 Å². The van der Waals surface area contributed by atoms with Crippen molar-refractivity contribution in [3.8, 4) is 0 Å². The van der Waals surface area contributed by atoms with Gasteiger partial charge in [0.15, 0.2) is 5.65 Å². The minimum Gasteiger partial charge on any atom is -0.383 e. The van der Waals surface area contributed by atoms with Gasteiger partial charge in [0.1, 0.15) is 5.82 Å². The first-order valence-electron chi connectivity index (χ1n) is 5.50. The molecule has 7 heteroatoms. The van der Waals surface area contributed by atoms with Crippen molar-refractivity contribution in [2.24, 2.45) is 0 Å². The highest BCUT2D eigenvalue weighted by molar-refractivity contribution is 9.10. The molecule has 0 unspecified atom stereocenters. The maximum atomic E-state index is 5.96.